The smallest absolute Gasteiger partial charge is 0.307 e. The molecule has 1 N–H and O–H groups in total. The maximum atomic E-state index is 10.9. The Kier molecular flexibility index (Phi) is 3.53. The van der Waals surface area contributed by atoms with Crippen molar-refractivity contribution in [3.8, 4) is 0 Å². The predicted octanol–water partition coefficient (Wildman–Crippen LogP) is 0.938. The maximum Gasteiger partial charge on any atom is 0.307 e. The zero-order valence-electron chi connectivity index (χ0n) is 7.80. The van der Waals surface area contributed by atoms with Crippen molar-refractivity contribution < 1.29 is 9.53 Å². The molecule has 0 bridgehead atoms. The minimum atomic E-state index is -0.116. The third kappa shape index (κ3) is 3.22. The molecule has 1 unspecified atom stereocenters. The van der Waals surface area contributed by atoms with Crippen molar-refractivity contribution in [1.82, 2.24) is 5.32 Å². The lowest BCUT2D eigenvalue weighted by atomic mass is 10.1. The van der Waals surface area contributed by atoms with Gasteiger partial charge in [0.05, 0.1) is 13.5 Å². The average Bonchev–Trinajstić information content (AvgIpc) is 2.86. The number of nitrogens with one attached hydrogen (secondary N) is 1. The number of esters is 1. The van der Waals surface area contributed by atoms with Crippen molar-refractivity contribution in [2.75, 3.05) is 14.2 Å². The van der Waals surface area contributed by atoms with E-state index in [1.165, 1.54) is 20.0 Å². The van der Waals surface area contributed by atoms with Gasteiger partial charge in [0.2, 0.25) is 0 Å². The summed E-state index contributed by atoms with van der Waals surface area (Å²) < 4.78 is 4.61. The van der Waals surface area contributed by atoms with Crippen molar-refractivity contribution in [2.24, 2.45) is 5.92 Å². The fourth-order valence-electron chi connectivity index (χ4n) is 1.34. The van der Waals surface area contributed by atoms with Gasteiger partial charge in [0.15, 0.2) is 0 Å². The first-order chi connectivity index (χ1) is 5.76. The van der Waals surface area contributed by atoms with E-state index < -0.39 is 0 Å². The summed E-state index contributed by atoms with van der Waals surface area (Å²) in [6.07, 6.45) is 4.29. The van der Waals surface area contributed by atoms with E-state index in [4.69, 9.17) is 0 Å². The molecule has 12 heavy (non-hydrogen) atoms. The van der Waals surface area contributed by atoms with Crippen molar-refractivity contribution in [2.45, 2.75) is 31.7 Å². The zero-order chi connectivity index (χ0) is 8.97. The van der Waals surface area contributed by atoms with E-state index in [2.05, 4.69) is 10.1 Å². The fraction of sp³-hybridized carbons (Fsp3) is 0.889. The molecular formula is C9H17NO2. The van der Waals surface area contributed by atoms with Crippen LogP contribution in [0.2, 0.25) is 0 Å². The zero-order valence-corrected chi connectivity index (χ0v) is 7.80. The van der Waals surface area contributed by atoms with Gasteiger partial charge in [0.25, 0.3) is 0 Å². The largest absolute Gasteiger partial charge is 0.469 e. The minimum Gasteiger partial charge on any atom is -0.469 e. The summed E-state index contributed by atoms with van der Waals surface area (Å²) in [5, 5.41) is 3.14. The van der Waals surface area contributed by atoms with Gasteiger partial charge in [-0.15, -0.1) is 0 Å². The first-order valence-corrected chi connectivity index (χ1v) is 4.50. The van der Waals surface area contributed by atoms with Crippen molar-refractivity contribution in [3.63, 3.8) is 0 Å². The van der Waals surface area contributed by atoms with Crippen LogP contribution >= 0.6 is 0 Å². The number of ether oxygens (including phenoxy) is 1. The first-order valence-electron chi connectivity index (χ1n) is 4.50. The minimum absolute atomic E-state index is 0.116. The molecule has 0 amide bonds. The molecule has 0 heterocycles. The number of methoxy groups -OCH3 is 1. The van der Waals surface area contributed by atoms with Gasteiger partial charge in [0.1, 0.15) is 0 Å². The summed E-state index contributed by atoms with van der Waals surface area (Å²) in [4.78, 5) is 10.9. The summed E-state index contributed by atoms with van der Waals surface area (Å²) in [5.41, 5.74) is 0. The van der Waals surface area contributed by atoms with Gasteiger partial charge in [-0.2, -0.15) is 0 Å². The van der Waals surface area contributed by atoms with Crippen LogP contribution in [0.3, 0.4) is 0 Å². The summed E-state index contributed by atoms with van der Waals surface area (Å²) in [6.45, 7) is 0. The van der Waals surface area contributed by atoms with E-state index in [9.17, 15) is 4.79 Å². The molecule has 0 aromatic heterocycles. The van der Waals surface area contributed by atoms with Gasteiger partial charge in [-0.1, -0.05) is 12.8 Å². The molecule has 70 valence electrons. The number of carbonyl (C=O) groups excluding carboxylic acids is 1. The molecule has 0 aromatic rings. The number of rotatable bonds is 5. The summed E-state index contributed by atoms with van der Waals surface area (Å²) in [6, 6.07) is 0.310. The first kappa shape index (κ1) is 9.52. The van der Waals surface area contributed by atoms with Gasteiger partial charge < -0.3 is 10.1 Å². The van der Waals surface area contributed by atoms with Crippen LogP contribution in [0.1, 0.15) is 25.7 Å². The number of hydrogen-bond donors (Lipinski definition) is 1. The Morgan fingerprint density at radius 2 is 2.33 bits per heavy atom. The molecule has 0 radical (unpaired) electrons. The van der Waals surface area contributed by atoms with Crippen LogP contribution in [0.5, 0.6) is 0 Å². The molecule has 1 aliphatic carbocycles. The molecule has 0 spiro atoms. The molecule has 1 saturated carbocycles. The normalized spacial score (nSPS) is 18.8. The lowest BCUT2D eigenvalue weighted by Gasteiger charge is -2.13. The number of carbonyl (C=O) groups is 1. The van der Waals surface area contributed by atoms with Gasteiger partial charge in [-0.05, 0) is 19.4 Å². The topological polar surface area (TPSA) is 38.3 Å². The molecule has 1 fully saturated rings. The maximum absolute atomic E-state index is 10.9. The molecule has 0 saturated heterocycles. The van der Waals surface area contributed by atoms with Gasteiger partial charge in [-0.3, -0.25) is 4.79 Å². The standard InChI is InChI=1S/C9H17NO2/c1-10-8(5-7-3-4-7)6-9(11)12-2/h7-8,10H,3-6H2,1-2H3. The molecule has 3 heteroatoms. The molecule has 0 aromatic carbocycles. The highest BCUT2D eigenvalue weighted by atomic mass is 16.5. The van der Waals surface area contributed by atoms with Crippen LogP contribution in [-0.2, 0) is 9.53 Å². The van der Waals surface area contributed by atoms with Gasteiger partial charge >= 0.3 is 5.97 Å². The van der Waals surface area contributed by atoms with Crippen LogP contribution in [-0.4, -0.2) is 26.2 Å². The van der Waals surface area contributed by atoms with Gasteiger partial charge in [-0.25, -0.2) is 0 Å². The van der Waals surface area contributed by atoms with Crippen LogP contribution in [0.25, 0.3) is 0 Å². The van der Waals surface area contributed by atoms with Crippen molar-refractivity contribution in [1.29, 1.82) is 0 Å². The second-order valence-corrected chi connectivity index (χ2v) is 3.44. The highest BCUT2D eigenvalue weighted by molar-refractivity contribution is 5.69. The fourth-order valence-corrected chi connectivity index (χ4v) is 1.34. The van der Waals surface area contributed by atoms with Crippen molar-refractivity contribution in [3.05, 3.63) is 0 Å². The van der Waals surface area contributed by atoms with Crippen LogP contribution in [0.4, 0.5) is 0 Å². The lowest BCUT2D eigenvalue weighted by molar-refractivity contribution is -0.141. The highest BCUT2D eigenvalue weighted by Gasteiger charge is 2.25. The second kappa shape index (κ2) is 4.45. The quantitative estimate of drug-likeness (QED) is 0.625. The highest BCUT2D eigenvalue weighted by Crippen LogP contribution is 2.33. The Balaban J connectivity index is 2.18. The molecule has 1 rings (SSSR count). The van der Waals surface area contributed by atoms with Gasteiger partial charge in [0, 0.05) is 6.04 Å². The third-order valence-electron chi connectivity index (χ3n) is 2.36. The second-order valence-electron chi connectivity index (χ2n) is 3.44. The van der Waals surface area contributed by atoms with E-state index in [0.29, 0.717) is 12.5 Å². The van der Waals surface area contributed by atoms with E-state index in [0.717, 1.165) is 12.3 Å². The summed E-state index contributed by atoms with van der Waals surface area (Å²) in [5.74, 6) is 0.738. The summed E-state index contributed by atoms with van der Waals surface area (Å²) in [7, 11) is 3.34. The Morgan fingerprint density at radius 1 is 1.67 bits per heavy atom. The summed E-state index contributed by atoms with van der Waals surface area (Å²) >= 11 is 0. The Labute approximate surface area is 73.5 Å². The van der Waals surface area contributed by atoms with Crippen LogP contribution in [0.15, 0.2) is 0 Å². The molecule has 1 aliphatic rings. The van der Waals surface area contributed by atoms with E-state index in [1.807, 2.05) is 7.05 Å². The molecule has 0 aliphatic heterocycles. The van der Waals surface area contributed by atoms with Crippen LogP contribution < -0.4 is 5.32 Å². The monoisotopic (exact) mass is 171 g/mol. The number of hydrogen-bond acceptors (Lipinski definition) is 3. The molecule has 1 atom stereocenters. The molecular weight excluding hydrogens is 154 g/mol. The average molecular weight is 171 g/mol. The van der Waals surface area contributed by atoms with Crippen molar-refractivity contribution >= 4 is 5.97 Å². The Bertz CT molecular complexity index is 155. The van der Waals surface area contributed by atoms with E-state index >= 15 is 0 Å². The van der Waals surface area contributed by atoms with Crippen LogP contribution in [0, 0.1) is 5.92 Å². The SMILES string of the molecule is CNC(CC(=O)OC)CC1CC1. The predicted molar refractivity (Wildman–Crippen MR) is 46.8 cm³/mol. The lowest BCUT2D eigenvalue weighted by Crippen LogP contribution is -2.29. The molecule has 3 nitrogen and oxygen atoms in total. The Morgan fingerprint density at radius 3 is 2.75 bits per heavy atom. The third-order valence-corrected chi connectivity index (χ3v) is 2.36. The Hall–Kier alpha value is -0.570. The van der Waals surface area contributed by atoms with E-state index in [1.54, 1.807) is 0 Å². The van der Waals surface area contributed by atoms with E-state index in [-0.39, 0.29) is 5.97 Å².